The minimum absolute atomic E-state index is 0.0194. The van der Waals surface area contributed by atoms with Crippen molar-refractivity contribution >= 4 is 0 Å². The van der Waals surface area contributed by atoms with Gasteiger partial charge >= 0.3 is 0 Å². The van der Waals surface area contributed by atoms with Gasteiger partial charge in [-0.15, -0.1) is 10.2 Å². The van der Waals surface area contributed by atoms with Crippen molar-refractivity contribution in [1.82, 2.24) is 20.1 Å². The normalized spacial score (nSPS) is 26.5. The van der Waals surface area contributed by atoms with Crippen LogP contribution in [-0.4, -0.2) is 21.3 Å². The van der Waals surface area contributed by atoms with Gasteiger partial charge in [0.05, 0.1) is 5.54 Å². The highest BCUT2D eigenvalue weighted by Gasteiger charge is 2.35. The van der Waals surface area contributed by atoms with E-state index < -0.39 is 0 Å². The first-order chi connectivity index (χ1) is 7.04. The molecule has 0 bridgehead atoms. The first kappa shape index (κ1) is 10.6. The lowest BCUT2D eigenvalue weighted by Crippen LogP contribution is -2.36. The summed E-state index contributed by atoms with van der Waals surface area (Å²) >= 11 is 0. The van der Waals surface area contributed by atoms with Gasteiger partial charge in [-0.05, 0) is 47.1 Å². The van der Waals surface area contributed by atoms with Gasteiger partial charge in [0.25, 0.3) is 0 Å². The number of nitrogens with zero attached hydrogens (tertiary/aromatic N) is 3. The Bertz CT molecular complexity index is 347. The quantitative estimate of drug-likeness (QED) is 0.805. The maximum atomic E-state index is 4.34. The van der Waals surface area contributed by atoms with E-state index in [0.29, 0.717) is 6.04 Å². The van der Waals surface area contributed by atoms with Crippen LogP contribution in [0.25, 0.3) is 0 Å². The molecule has 4 nitrogen and oxygen atoms in total. The topological polar surface area (TPSA) is 42.7 Å². The first-order valence-corrected chi connectivity index (χ1v) is 5.71. The maximum absolute atomic E-state index is 4.34. The molecule has 0 aromatic carbocycles. The van der Waals surface area contributed by atoms with E-state index in [1.165, 1.54) is 6.42 Å². The Hall–Kier alpha value is -0.900. The van der Waals surface area contributed by atoms with Crippen LogP contribution >= 0.6 is 0 Å². The van der Waals surface area contributed by atoms with Gasteiger partial charge in [-0.3, -0.25) is 0 Å². The molecule has 15 heavy (non-hydrogen) atoms. The van der Waals surface area contributed by atoms with E-state index in [4.69, 9.17) is 0 Å². The maximum Gasteiger partial charge on any atom is 0.153 e. The molecule has 0 radical (unpaired) electrons. The summed E-state index contributed by atoms with van der Waals surface area (Å²) in [6.07, 6.45) is 2.37. The van der Waals surface area contributed by atoms with Crippen LogP contribution < -0.4 is 5.32 Å². The standard InChI is InChI=1S/C11H20N4/c1-8(2)15-9(3)13-14-10(15)11(4)6-5-7-12-11/h8,12H,5-7H2,1-4H3. The largest absolute Gasteiger partial charge is 0.311 e. The molecule has 1 atom stereocenters. The number of hydrogen-bond acceptors (Lipinski definition) is 3. The molecule has 4 heteroatoms. The van der Waals surface area contributed by atoms with Crippen molar-refractivity contribution in [1.29, 1.82) is 0 Å². The summed E-state index contributed by atoms with van der Waals surface area (Å²) in [5.41, 5.74) is 0.0194. The van der Waals surface area contributed by atoms with Gasteiger partial charge in [-0.2, -0.15) is 0 Å². The monoisotopic (exact) mass is 208 g/mol. The zero-order valence-corrected chi connectivity index (χ0v) is 10.0. The van der Waals surface area contributed by atoms with Gasteiger partial charge < -0.3 is 9.88 Å². The second-order valence-electron chi connectivity index (χ2n) is 4.90. The third kappa shape index (κ3) is 1.67. The molecule has 84 valence electrons. The Morgan fingerprint density at radius 3 is 2.67 bits per heavy atom. The average Bonchev–Trinajstić information content (AvgIpc) is 2.72. The van der Waals surface area contributed by atoms with Crippen LogP contribution in [0.5, 0.6) is 0 Å². The van der Waals surface area contributed by atoms with Crippen molar-refractivity contribution in [2.45, 2.75) is 52.1 Å². The molecule has 1 unspecified atom stereocenters. The minimum atomic E-state index is 0.0194. The van der Waals surface area contributed by atoms with Crippen molar-refractivity contribution in [3.63, 3.8) is 0 Å². The van der Waals surface area contributed by atoms with Crippen molar-refractivity contribution < 1.29 is 0 Å². The van der Waals surface area contributed by atoms with Gasteiger partial charge in [0.1, 0.15) is 5.82 Å². The molecule has 1 aliphatic heterocycles. The highest BCUT2D eigenvalue weighted by molar-refractivity contribution is 5.10. The van der Waals surface area contributed by atoms with E-state index in [2.05, 4.69) is 40.9 Å². The fourth-order valence-electron chi connectivity index (χ4n) is 2.45. The molecule has 2 heterocycles. The third-order valence-electron chi connectivity index (χ3n) is 3.24. The third-order valence-corrected chi connectivity index (χ3v) is 3.24. The van der Waals surface area contributed by atoms with Gasteiger partial charge in [0.2, 0.25) is 0 Å². The van der Waals surface area contributed by atoms with Gasteiger partial charge in [-0.25, -0.2) is 0 Å². The van der Waals surface area contributed by atoms with Crippen LogP contribution in [-0.2, 0) is 5.54 Å². The van der Waals surface area contributed by atoms with E-state index in [-0.39, 0.29) is 5.54 Å². The van der Waals surface area contributed by atoms with Crippen LogP contribution in [0.3, 0.4) is 0 Å². The second kappa shape index (κ2) is 3.59. The Balaban J connectivity index is 2.43. The van der Waals surface area contributed by atoms with Crippen LogP contribution in [0.4, 0.5) is 0 Å². The summed E-state index contributed by atoms with van der Waals surface area (Å²) in [6, 6.07) is 0.425. The number of hydrogen-bond donors (Lipinski definition) is 1. The van der Waals surface area contributed by atoms with Gasteiger partial charge in [0, 0.05) is 6.04 Å². The molecular weight excluding hydrogens is 188 g/mol. The lowest BCUT2D eigenvalue weighted by Gasteiger charge is -2.25. The van der Waals surface area contributed by atoms with E-state index >= 15 is 0 Å². The van der Waals surface area contributed by atoms with Crippen molar-refractivity contribution in [3.8, 4) is 0 Å². The minimum Gasteiger partial charge on any atom is -0.311 e. The zero-order valence-electron chi connectivity index (χ0n) is 10.0. The average molecular weight is 208 g/mol. The predicted molar refractivity (Wildman–Crippen MR) is 59.7 cm³/mol. The molecule has 1 aliphatic rings. The second-order valence-corrected chi connectivity index (χ2v) is 4.90. The SMILES string of the molecule is Cc1nnc(C2(C)CCCN2)n1C(C)C. The van der Waals surface area contributed by atoms with E-state index in [9.17, 15) is 0 Å². The van der Waals surface area contributed by atoms with Crippen molar-refractivity contribution in [2.24, 2.45) is 0 Å². The molecule has 1 saturated heterocycles. The summed E-state index contributed by atoms with van der Waals surface area (Å²) in [7, 11) is 0. The van der Waals surface area contributed by atoms with E-state index in [1.807, 2.05) is 6.92 Å². The molecule has 0 amide bonds. The fourth-order valence-corrected chi connectivity index (χ4v) is 2.45. The lowest BCUT2D eigenvalue weighted by atomic mass is 9.99. The van der Waals surface area contributed by atoms with Crippen molar-refractivity contribution in [2.75, 3.05) is 6.54 Å². The van der Waals surface area contributed by atoms with E-state index in [0.717, 1.165) is 24.6 Å². The molecular formula is C11H20N4. The van der Waals surface area contributed by atoms with Gasteiger partial charge in [0.15, 0.2) is 5.82 Å². The summed E-state index contributed by atoms with van der Waals surface area (Å²) in [5.74, 6) is 2.10. The lowest BCUT2D eigenvalue weighted by molar-refractivity contribution is 0.372. The van der Waals surface area contributed by atoms with Crippen molar-refractivity contribution in [3.05, 3.63) is 11.6 Å². The first-order valence-electron chi connectivity index (χ1n) is 5.71. The summed E-state index contributed by atoms with van der Waals surface area (Å²) in [4.78, 5) is 0. The molecule has 1 aromatic heterocycles. The number of rotatable bonds is 2. The van der Waals surface area contributed by atoms with Crippen LogP contribution in [0.15, 0.2) is 0 Å². The van der Waals surface area contributed by atoms with E-state index in [1.54, 1.807) is 0 Å². The molecule has 2 rings (SSSR count). The predicted octanol–water partition coefficient (Wildman–Crippen LogP) is 1.77. The number of aromatic nitrogens is 3. The van der Waals surface area contributed by atoms with Crippen LogP contribution in [0.2, 0.25) is 0 Å². The van der Waals surface area contributed by atoms with Crippen LogP contribution in [0, 0.1) is 6.92 Å². The smallest absolute Gasteiger partial charge is 0.153 e. The summed E-state index contributed by atoms with van der Waals surface area (Å²) in [5, 5.41) is 12.1. The molecule has 1 fully saturated rings. The molecule has 0 aliphatic carbocycles. The van der Waals surface area contributed by atoms with Crippen LogP contribution in [0.1, 0.15) is 51.3 Å². The fraction of sp³-hybridized carbons (Fsp3) is 0.818. The zero-order chi connectivity index (χ0) is 11.1. The highest BCUT2D eigenvalue weighted by Crippen LogP contribution is 2.30. The van der Waals surface area contributed by atoms with Gasteiger partial charge in [-0.1, -0.05) is 0 Å². The Labute approximate surface area is 91.1 Å². The molecule has 1 N–H and O–H groups in total. The molecule has 1 aromatic rings. The highest BCUT2D eigenvalue weighted by atomic mass is 15.3. The Kier molecular flexibility index (Phi) is 2.54. The summed E-state index contributed by atoms with van der Waals surface area (Å²) in [6.45, 7) is 9.69. The number of nitrogens with one attached hydrogen (secondary N) is 1. The molecule has 0 saturated carbocycles. The summed E-state index contributed by atoms with van der Waals surface area (Å²) < 4.78 is 2.23. The Morgan fingerprint density at radius 2 is 2.13 bits per heavy atom. The number of aryl methyl sites for hydroxylation is 1. The Morgan fingerprint density at radius 1 is 1.40 bits per heavy atom. The molecule has 0 spiro atoms.